The quantitative estimate of drug-likeness (QED) is 0.806. The third kappa shape index (κ3) is 5.01. The van der Waals surface area contributed by atoms with E-state index >= 15 is 0 Å². The lowest BCUT2D eigenvalue weighted by Crippen LogP contribution is -2.38. The molecule has 24 heavy (non-hydrogen) atoms. The maximum atomic E-state index is 12.3. The highest BCUT2D eigenvalue weighted by atomic mass is 16.5. The van der Waals surface area contributed by atoms with Crippen LogP contribution in [0.15, 0.2) is 24.3 Å². The van der Waals surface area contributed by atoms with Crippen molar-refractivity contribution >= 4 is 17.9 Å². The van der Waals surface area contributed by atoms with Crippen LogP contribution in [0.25, 0.3) is 6.08 Å². The maximum Gasteiger partial charge on any atom is 0.246 e. The highest BCUT2D eigenvalue weighted by Crippen LogP contribution is 2.24. The Balaban J connectivity index is 1.95. The van der Waals surface area contributed by atoms with Crippen molar-refractivity contribution in [3.63, 3.8) is 0 Å². The number of methoxy groups -OCH3 is 2. The second kappa shape index (κ2) is 8.38. The van der Waals surface area contributed by atoms with Gasteiger partial charge in [0.25, 0.3) is 0 Å². The minimum absolute atomic E-state index is 0.0330. The minimum Gasteiger partial charge on any atom is -0.497 e. The van der Waals surface area contributed by atoms with E-state index in [2.05, 4.69) is 0 Å². The van der Waals surface area contributed by atoms with E-state index in [-0.39, 0.29) is 17.7 Å². The summed E-state index contributed by atoms with van der Waals surface area (Å²) in [6, 6.07) is 5.46. The summed E-state index contributed by atoms with van der Waals surface area (Å²) in [5.41, 5.74) is 6.06. The van der Waals surface area contributed by atoms with Gasteiger partial charge >= 0.3 is 0 Å². The highest BCUT2D eigenvalue weighted by molar-refractivity contribution is 5.92. The molecule has 1 aromatic carbocycles. The minimum atomic E-state index is -0.272. The molecule has 0 bridgehead atoms. The molecule has 0 spiro atoms. The van der Waals surface area contributed by atoms with E-state index in [0.717, 1.165) is 18.4 Å². The summed E-state index contributed by atoms with van der Waals surface area (Å²) >= 11 is 0. The van der Waals surface area contributed by atoms with Crippen molar-refractivity contribution in [2.45, 2.75) is 19.3 Å². The number of piperidine rings is 1. The van der Waals surface area contributed by atoms with Crippen LogP contribution in [0.5, 0.6) is 11.5 Å². The molecule has 6 nitrogen and oxygen atoms in total. The number of primary amides is 1. The van der Waals surface area contributed by atoms with Gasteiger partial charge in [0, 0.05) is 31.7 Å². The number of carbonyl (C=O) groups is 2. The Morgan fingerprint density at radius 1 is 1.17 bits per heavy atom. The fourth-order valence-corrected chi connectivity index (χ4v) is 2.84. The number of nitrogens with zero attached hydrogens (tertiary/aromatic N) is 1. The molecule has 1 fully saturated rings. The Morgan fingerprint density at radius 3 is 2.25 bits per heavy atom. The van der Waals surface area contributed by atoms with Crippen LogP contribution in [0.2, 0.25) is 0 Å². The van der Waals surface area contributed by atoms with Crippen molar-refractivity contribution in [3.05, 3.63) is 29.8 Å². The van der Waals surface area contributed by atoms with Crippen molar-refractivity contribution in [1.82, 2.24) is 4.90 Å². The van der Waals surface area contributed by atoms with E-state index < -0.39 is 0 Å². The van der Waals surface area contributed by atoms with Gasteiger partial charge in [0.05, 0.1) is 14.2 Å². The third-order valence-corrected chi connectivity index (χ3v) is 4.21. The van der Waals surface area contributed by atoms with E-state index in [1.807, 2.05) is 12.1 Å². The lowest BCUT2D eigenvalue weighted by molar-refractivity contribution is -0.127. The summed E-state index contributed by atoms with van der Waals surface area (Å²) in [6.45, 7) is 1.31. The van der Waals surface area contributed by atoms with Crippen LogP contribution in [0.4, 0.5) is 0 Å². The van der Waals surface area contributed by atoms with Gasteiger partial charge in [-0.25, -0.2) is 0 Å². The Bertz CT molecular complexity index is 597. The first kappa shape index (κ1) is 17.8. The average molecular weight is 332 g/mol. The molecule has 1 saturated heterocycles. The van der Waals surface area contributed by atoms with Gasteiger partial charge in [0.1, 0.15) is 11.5 Å². The summed E-state index contributed by atoms with van der Waals surface area (Å²) in [6.07, 6.45) is 5.35. The molecule has 1 aliphatic rings. The summed E-state index contributed by atoms with van der Waals surface area (Å²) in [5, 5.41) is 0. The van der Waals surface area contributed by atoms with Crippen LogP contribution >= 0.6 is 0 Å². The Hall–Kier alpha value is -2.50. The summed E-state index contributed by atoms with van der Waals surface area (Å²) in [4.78, 5) is 25.0. The van der Waals surface area contributed by atoms with Gasteiger partial charge in [-0.05, 0) is 42.5 Å². The number of rotatable bonds is 6. The zero-order valence-corrected chi connectivity index (χ0v) is 14.2. The lowest BCUT2D eigenvalue weighted by atomic mass is 9.93. The maximum absolute atomic E-state index is 12.3. The first-order valence-corrected chi connectivity index (χ1v) is 8.00. The molecular weight excluding hydrogens is 308 g/mol. The number of benzene rings is 1. The molecule has 1 heterocycles. The summed E-state index contributed by atoms with van der Waals surface area (Å²) < 4.78 is 10.4. The standard InChI is InChI=1S/C18H24N2O4/c1-23-15-9-14(10-16(12-15)24-2)3-4-18(22)20-7-5-13(6-8-20)11-17(19)21/h3-4,9-10,12-13H,5-8,11H2,1-2H3,(H2,19,21)/b4-3-. The van der Waals surface area contributed by atoms with Gasteiger partial charge in [-0.1, -0.05) is 0 Å². The van der Waals surface area contributed by atoms with Crippen molar-refractivity contribution in [3.8, 4) is 11.5 Å². The molecule has 0 saturated carbocycles. The number of nitrogens with two attached hydrogens (primary N) is 1. The molecule has 0 aliphatic carbocycles. The molecule has 0 atom stereocenters. The molecule has 2 amide bonds. The first-order chi connectivity index (χ1) is 11.5. The van der Waals surface area contributed by atoms with E-state index in [0.29, 0.717) is 31.0 Å². The van der Waals surface area contributed by atoms with Gasteiger partial charge < -0.3 is 20.1 Å². The van der Waals surface area contributed by atoms with Crippen LogP contribution in [0, 0.1) is 5.92 Å². The monoisotopic (exact) mass is 332 g/mol. The number of ether oxygens (including phenoxy) is 2. The van der Waals surface area contributed by atoms with Crippen molar-refractivity contribution in [2.24, 2.45) is 11.7 Å². The predicted molar refractivity (Wildman–Crippen MR) is 91.7 cm³/mol. The number of likely N-dealkylation sites (tertiary alicyclic amines) is 1. The van der Waals surface area contributed by atoms with E-state index in [4.69, 9.17) is 15.2 Å². The fourth-order valence-electron chi connectivity index (χ4n) is 2.84. The lowest BCUT2D eigenvalue weighted by Gasteiger charge is -2.30. The van der Waals surface area contributed by atoms with Crippen LogP contribution in [0.1, 0.15) is 24.8 Å². The topological polar surface area (TPSA) is 81.9 Å². The van der Waals surface area contributed by atoms with E-state index in [1.165, 1.54) is 0 Å². The van der Waals surface area contributed by atoms with Crippen LogP contribution < -0.4 is 15.2 Å². The summed E-state index contributed by atoms with van der Waals surface area (Å²) in [7, 11) is 3.17. The Kier molecular flexibility index (Phi) is 6.23. The molecule has 0 radical (unpaired) electrons. The fraction of sp³-hybridized carbons (Fsp3) is 0.444. The zero-order valence-electron chi connectivity index (χ0n) is 14.2. The molecule has 0 aromatic heterocycles. The molecule has 130 valence electrons. The molecule has 0 unspecified atom stereocenters. The highest BCUT2D eigenvalue weighted by Gasteiger charge is 2.22. The molecule has 6 heteroatoms. The molecule has 2 rings (SSSR count). The number of carbonyl (C=O) groups excluding carboxylic acids is 2. The summed E-state index contributed by atoms with van der Waals surface area (Å²) in [5.74, 6) is 1.33. The van der Waals surface area contributed by atoms with Gasteiger partial charge in [-0.3, -0.25) is 9.59 Å². The normalized spacial score (nSPS) is 15.5. The van der Waals surface area contributed by atoms with Crippen LogP contribution in [-0.4, -0.2) is 44.0 Å². The van der Waals surface area contributed by atoms with Gasteiger partial charge in [0.2, 0.25) is 11.8 Å². The van der Waals surface area contributed by atoms with Gasteiger partial charge in [-0.2, -0.15) is 0 Å². The van der Waals surface area contributed by atoms with Crippen molar-refractivity contribution in [1.29, 1.82) is 0 Å². The molecule has 2 N–H and O–H groups in total. The molecule has 1 aromatic rings. The smallest absolute Gasteiger partial charge is 0.246 e. The van der Waals surface area contributed by atoms with Gasteiger partial charge in [0.15, 0.2) is 0 Å². The predicted octanol–water partition coefficient (Wildman–Crippen LogP) is 1.83. The van der Waals surface area contributed by atoms with E-state index in [9.17, 15) is 9.59 Å². The first-order valence-electron chi connectivity index (χ1n) is 8.00. The third-order valence-electron chi connectivity index (χ3n) is 4.21. The zero-order chi connectivity index (χ0) is 17.5. The largest absolute Gasteiger partial charge is 0.497 e. The van der Waals surface area contributed by atoms with Crippen molar-refractivity contribution < 1.29 is 19.1 Å². The number of hydrogen-bond acceptors (Lipinski definition) is 4. The number of hydrogen-bond donors (Lipinski definition) is 1. The second-order valence-electron chi connectivity index (χ2n) is 5.92. The Morgan fingerprint density at radius 2 is 1.75 bits per heavy atom. The SMILES string of the molecule is COc1cc(/C=C\C(=O)N2CCC(CC(N)=O)CC2)cc(OC)c1. The van der Waals surface area contributed by atoms with Crippen LogP contribution in [0.3, 0.4) is 0 Å². The number of amides is 2. The van der Waals surface area contributed by atoms with Crippen LogP contribution in [-0.2, 0) is 9.59 Å². The van der Waals surface area contributed by atoms with Gasteiger partial charge in [-0.15, -0.1) is 0 Å². The average Bonchev–Trinajstić information content (AvgIpc) is 2.59. The Labute approximate surface area is 142 Å². The van der Waals surface area contributed by atoms with Crippen molar-refractivity contribution in [2.75, 3.05) is 27.3 Å². The molecular formula is C18H24N2O4. The second-order valence-corrected chi connectivity index (χ2v) is 5.92. The van der Waals surface area contributed by atoms with E-state index in [1.54, 1.807) is 37.3 Å². The molecule has 1 aliphatic heterocycles.